The van der Waals surface area contributed by atoms with E-state index < -0.39 is 11.8 Å². The first kappa shape index (κ1) is 21.9. The van der Waals surface area contributed by atoms with Crippen LogP contribution in [0.25, 0.3) is 6.08 Å². The number of hydrogen-bond acceptors (Lipinski definition) is 4. The number of rotatable bonds is 10. The molecule has 0 aliphatic heterocycles. The van der Waals surface area contributed by atoms with Gasteiger partial charge in [0.25, 0.3) is 11.8 Å². The van der Waals surface area contributed by atoms with Gasteiger partial charge in [-0.25, -0.2) is 0 Å². The third-order valence-corrected chi connectivity index (χ3v) is 4.93. The average Bonchev–Trinajstić information content (AvgIpc) is 3.58. The molecule has 0 heterocycles. The van der Waals surface area contributed by atoms with Crippen LogP contribution in [0.4, 0.5) is 0 Å². The Balaban J connectivity index is 1.66. The molecule has 0 spiro atoms. The topological polar surface area (TPSA) is 87.7 Å². The molecule has 1 saturated carbocycles. The summed E-state index contributed by atoms with van der Waals surface area (Å²) in [6.07, 6.45) is 5.20. The fraction of sp³-hybridized carbons (Fsp3) is 0.304. The highest BCUT2D eigenvalue weighted by Crippen LogP contribution is 2.32. The molecule has 1 aliphatic rings. The van der Waals surface area contributed by atoms with Gasteiger partial charge in [0.1, 0.15) is 11.4 Å². The molecule has 1 fully saturated rings. The summed E-state index contributed by atoms with van der Waals surface area (Å²) >= 11 is 5.90. The van der Waals surface area contributed by atoms with Gasteiger partial charge in [0.05, 0.1) is 13.2 Å². The molecule has 3 rings (SSSR count). The fourth-order valence-electron chi connectivity index (χ4n) is 2.80. The monoisotopic (exact) mass is 428 g/mol. The minimum atomic E-state index is -0.493. The standard InChI is InChI=1S/C23H25ClN2O4/c24-19-7-3-17(4-8-19)15-21(23(29)25-12-13-27)26-22(28)18-5-9-20(10-6-18)30-14-11-16-1-2-16/h3-10,15-16,27H,1-2,11-14H2,(H,25,29)(H,26,28)/b21-15+. The molecule has 158 valence electrons. The molecule has 0 saturated heterocycles. The Kier molecular flexibility index (Phi) is 7.88. The summed E-state index contributed by atoms with van der Waals surface area (Å²) in [7, 11) is 0. The Morgan fingerprint density at radius 3 is 2.43 bits per heavy atom. The van der Waals surface area contributed by atoms with Crippen molar-refractivity contribution in [1.82, 2.24) is 10.6 Å². The van der Waals surface area contributed by atoms with E-state index in [-0.39, 0.29) is 18.8 Å². The van der Waals surface area contributed by atoms with Gasteiger partial charge < -0.3 is 20.5 Å². The van der Waals surface area contributed by atoms with Gasteiger partial charge in [-0.15, -0.1) is 0 Å². The maximum atomic E-state index is 12.7. The lowest BCUT2D eigenvalue weighted by Crippen LogP contribution is -2.36. The molecule has 2 aromatic rings. The minimum absolute atomic E-state index is 0.0699. The van der Waals surface area contributed by atoms with Gasteiger partial charge in [-0.2, -0.15) is 0 Å². The highest BCUT2D eigenvalue weighted by atomic mass is 35.5. The van der Waals surface area contributed by atoms with E-state index in [0.29, 0.717) is 28.5 Å². The summed E-state index contributed by atoms with van der Waals surface area (Å²) in [5.41, 5.74) is 1.18. The predicted molar refractivity (Wildman–Crippen MR) is 116 cm³/mol. The van der Waals surface area contributed by atoms with Gasteiger partial charge in [-0.3, -0.25) is 9.59 Å². The van der Waals surface area contributed by atoms with Crippen molar-refractivity contribution < 1.29 is 19.4 Å². The Morgan fingerprint density at radius 2 is 1.80 bits per heavy atom. The van der Waals surface area contributed by atoms with E-state index in [2.05, 4.69) is 10.6 Å². The number of ether oxygens (including phenoxy) is 1. The number of aliphatic hydroxyl groups excluding tert-OH is 1. The van der Waals surface area contributed by atoms with Crippen molar-refractivity contribution in [3.63, 3.8) is 0 Å². The molecule has 3 N–H and O–H groups in total. The lowest BCUT2D eigenvalue weighted by molar-refractivity contribution is -0.117. The van der Waals surface area contributed by atoms with Gasteiger partial charge >= 0.3 is 0 Å². The molecule has 2 aromatic carbocycles. The minimum Gasteiger partial charge on any atom is -0.494 e. The van der Waals surface area contributed by atoms with E-state index in [9.17, 15) is 9.59 Å². The maximum Gasteiger partial charge on any atom is 0.267 e. The third-order valence-electron chi connectivity index (χ3n) is 4.68. The number of aliphatic hydroxyl groups is 1. The van der Waals surface area contributed by atoms with Crippen molar-refractivity contribution in [2.75, 3.05) is 19.8 Å². The van der Waals surface area contributed by atoms with Crippen LogP contribution in [0.2, 0.25) is 5.02 Å². The highest BCUT2D eigenvalue weighted by molar-refractivity contribution is 6.30. The van der Waals surface area contributed by atoms with Crippen LogP contribution in [0.5, 0.6) is 5.75 Å². The van der Waals surface area contributed by atoms with Gasteiger partial charge in [0, 0.05) is 17.1 Å². The summed E-state index contributed by atoms with van der Waals surface area (Å²) in [4.78, 5) is 25.1. The molecule has 0 bridgehead atoms. The second-order valence-corrected chi connectivity index (χ2v) is 7.58. The van der Waals surface area contributed by atoms with Crippen LogP contribution < -0.4 is 15.4 Å². The molecule has 0 atom stereocenters. The van der Waals surface area contributed by atoms with Gasteiger partial charge in [-0.1, -0.05) is 36.6 Å². The summed E-state index contributed by atoms with van der Waals surface area (Å²) < 4.78 is 5.70. The third kappa shape index (κ3) is 6.90. The smallest absolute Gasteiger partial charge is 0.267 e. The Hall–Kier alpha value is -2.83. The van der Waals surface area contributed by atoms with Crippen molar-refractivity contribution in [3.05, 3.63) is 70.4 Å². The Morgan fingerprint density at radius 1 is 1.10 bits per heavy atom. The molecule has 0 unspecified atom stereocenters. The van der Waals surface area contributed by atoms with Crippen molar-refractivity contribution in [2.45, 2.75) is 19.3 Å². The van der Waals surface area contributed by atoms with E-state index in [1.165, 1.54) is 12.8 Å². The Labute approximate surface area is 180 Å². The summed E-state index contributed by atoms with van der Waals surface area (Å²) in [5.74, 6) is 0.606. The number of benzene rings is 2. The van der Waals surface area contributed by atoms with Crippen LogP contribution in [-0.2, 0) is 4.79 Å². The van der Waals surface area contributed by atoms with E-state index >= 15 is 0 Å². The number of carbonyl (C=O) groups is 2. The van der Waals surface area contributed by atoms with Gasteiger partial charge in [0.15, 0.2) is 0 Å². The zero-order valence-electron chi connectivity index (χ0n) is 16.6. The van der Waals surface area contributed by atoms with Crippen LogP contribution in [0.15, 0.2) is 54.2 Å². The number of nitrogens with one attached hydrogen (secondary N) is 2. The molecule has 7 heteroatoms. The lowest BCUT2D eigenvalue weighted by atomic mass is 10.1. The largest absolute Gasteiger partial charge is 0.494 e. The molecule has 0 aromatic heterocycles. The first-order valence-corrected chi connectivity index (χ1v) is 10.3. The number of hydrogen-bond donors (Lipinski definition) is 3. The predicted octanol–water partition coefficient (Wildman–Crippen LogP) is 3.40. The first-order chi connectivity index (χ1) is 14.5. The zero-order chi connectivity index (χ0) is 21.3. The van der Waals surface area contributed by atoms with Gasteiger partial charge in [-0.05, 0) is 60.4 Å². The van der Waals surface area contributed by atoms with E-state index in [1.807, 2.05) is 0 Å². The molecule has 1 aliphatic carbocycles. The van der Waals surface area contributed by atoms with E-state index in [4.69, 9.17) is 21.4 Å². The van der Waals surface area contributed by atoms with Crippen LogP contribution in [-0.4, -0.2) is 36.7 Å². The van der Waals surface area contributed by atoms with E-state index in [1.54, 1.807) is 54.6 Å². The number of carbonyl (C=O) groups excluding carboxylic acids is 2. The quantitative estimate of drug-likeness (QED) is 0.506. The van der Waals surface area contributed by atoms with Crippen LogP contribution in [0.3, 0.4) is 0 Å². The molecular formula is C23H25ClN2O4. The molecule has 6 nitrogen and oxygen atoms in total. The molecular weight excluding hydrogens is 404 g/mol. The van der Waals surface area contributed by atoms with Crippen molar-refractivity contribution in [2.24, 2.45) is 5.92 Å². The van der Waals surface area contributed by atoms with Crippen molar-refractivity contribution in [1.29, 1.82) is 0 Å². The summed E-state index contributed by atoms with van der Waals surface area (Å²) in [6.45, 7) is 0.560. The van der Waals surface area contributed by atoms with Gasteiger partial charge in [0.2, 0.25) is 0 Å². The normalized spacial score (nSPS) is 13.6. The molecule has 2 amide bonds. The van der Waals surface area contributed by atoms with Crippen molar-refractivity contribution >= 4 is 29.5 Å². The molecule has 30 heavy (non-hydrogen) atoms. The summed E-state index contributed by atoms with van der Waals surface area (Å²) in [5, 5.41) is 14.7. The van der Waals surface area contributed by atoms with E-state index in [0.717, 1.165) is 12.3 Å². The second-order valence-electron chi connectivity index (χ2n) is 7.15. The Bertz CT molecular complexity index is 890. The SMILES string of the molecule is O=C(NCCO)/C(=C\c1ccc(Cl)cc1)NC(=O)c1ccc(OCCC2CC2)cc1. The second kappa shape index (κ2) is 10.8. The summed E-state index contributed by atoms with van der Waals surface area (Å²) in [6, 6.07) is 13.7. The average molecular weight is 429 g/mol. The highest BCUT2D eigenvalue weighted by Gasteiger charge is 2.20. The molecule has 0 radical (unpaired) electrons. The first-order valence-electron chi connectivity index (χ1n) is 9.95. The van der Waals surface area contributed by atoms with Crippen LogP contribution in [0.1, 0.15) is 35.2 Å². The fourth-order valence-corrected chi connectivity index (χ4v) is 2.92. The van der Waals surface area contributed by atoms with Crippen molar-refractivity contribution in [3.8, 4) is 5.75 Å². The van der Waals surface area contributed by atoms with Crippen LogP contribution in [0, 0.1) is 5.92 Å². The number of amides is 2. The number of halogens is 1. The zero-order valence-corrected chi connectivity index (χ0v) is 17.3. The van der Waals surface area contributed by atoms with Crippen LogP contribution >= 0.6 is 11.6 Å². The maximum absolute atomic E-state index is 12.7. The lowest BCUT2D eigenvalue weighted by Gasteiger charge is -2.11.